The topological polar surface area (TPSA) is 46.2 Å². The molecule has 0 radical (unpaired) electrons. The maximum atomic E-state index is 6.59. The van der Waals surface area contributed by atoms with E-state index in [1.54, 1.807) is 18.5 Å². The molecule has 0 spiro atoms. The minimum Gasteiger partial charge on any atom is -0.467 e. The van der Waals surface area contributed by atoms with Gasteiger partial charge in [0.15, 0.2) is 5.11 Å². The number of hydrogen-bond acceptors (Lipinski definition) is 3. The molecule has 0 aliphatic carbocycles. The first-order chi connectivity index (χ1) is 16.0. The minimum absolute atomic E-state index is 0.0876. The number of aromatic nitrogens is 2. The molecule has 1 aliphatic heterocycles. The van der Waals surface area contributed by atoms with Crippen LogP contribution in [0.2, 0.25) is 10.0 Å². The molecule has 1 aliphatic rings. The lowest BCUT2D eigenvalue weighted by Crippen LogP contribution is -2.29. The van der Waals surface area contributed by atoms with Gasteiger partial charge < -0.3 is 19.2 Å². The predicted molar refractivity (Wildman–Crippen MR) is 135 cm³/mol. The van der Waals surface area contributed by atoms with Crippen LogP contribution in [0.15, 0.2) is 71.5 Å². The normalized spacial score (nSPS) is 18.1. The van der Waals surface area contributed by atoms with Gasteiger partial charge >= 0.3 is 0 Å². The maximum Gasteiger partial charge on any atom is 0.170 e. The van der Waals surface area contributed by atoms with Crippen LogP contribution < -0.4 is 5.32 Å². The van der Waals surface area contributed by atoms with Crippen molar-refractivity contribution in [2.45, 2.75) is 32.5 Å². The van der Waals surface area contributed by atoms with Gasteiger partial charge in [-0.15, -0.1) is 0 Å². The summed E-state index contributed by atoms with van der Waals surface area (Å²) < 4.78 is 7.79. The Morgan fingerprint density at radius 3 is 2.67 bits per heavy atom. The molecule has 1 saturated heterocycles. The lowest BCUT2D eigenvalue weighted by molar-refractivity contribution is 0.286. The van der Waals surface area contributed by atoms with Crippen molar-refractivity contribution in [2.75, 3.05) is 0 Å². The summed E-state index contributed by atoms with van der Waals surface area (Å²) in [4.78, 5) is 6.79. The summed E-state index contributed by atoms with van der Waals surface area (Å²) in [6.45, 7) is 4.72. The summed E-state index contributed by atoms with van der Waals surface area (Å²) in [5.74, 6) is 0.845. The number of thiocarbonyl (C=S) groups is 1. The molecule has 0 bridgehead atoms. The molecular weight excluding hydrogens is 475 g/mol. The Labute approximate surface area is 207 Å². The number of halogens is 2. The van der Waals surface area contributed by atoms with Crippen LogP contribution in [0.25, 0.3) is 5.69 Å². The zero-order chi connectivity index (χ0) is 23.1. The average molecular weight is 497 g/mol. The van der Waals surface area contributed by atoms with E-state index in [0.29, 0.717) is 21.7 Å². The largest absolute Gasteiger partial charge is 0.467 e. The first kappa shape index (κ1) is 22.0. The van der Waals surface area contributed by atoms with E-state index < -0.39 is 0 Å². The molecule has 0 unspecified atom stereocenters. The Bertz CT molecular complexity index is 1300. The van der Waals surface area contributed by atoms with Crippen molar-refractivity contribution in [3.63, 3.8) is 0 Å². The van der Waals surface area contributed by atoms with Crippen molar-refractivity contribution in [3.8, 4) is 5.69 Å². The van der Waals surface area contributed by atoms with Crippen molar-refractivity contribution in [1.29, 1.82) is 0 Å². The van der Waals surface area contributed by atoms with Gasteiger partial charge in [0.2, 0.25) is 0 Å². The van der Waals surface area contributed by atoms with Gasteiger partial charge in [0.1, 0.15) is 5.76 Å². The van der Waals surface area contributed by atoms with E-state index in [-0.39, 0.29) is 12.1 Å². The lowest BCUT2D eigenvalue weighted by Gasteiger charge is -2.27. The molecule has 3 aromatic heterocycles. The molecule has 33 heavy (non-hydrogen) atoms. The SMILES string of the molecule is Cc1cc([C@@H]2[C@@H](c3ccccn3)NC(=S)N2Cc2ccco2)c(C)n1-c1cccc(Cl)c1Cl. The van der Waals surface area contributed by atoms with Gasteiger partial charge in [-0.25, -0.2) is 0 Å². The number of pyridine rings is 1. The van der Waals surface area contributed by atoms with E-state index in [0.717, 1.165) is 34.1 Å². The number of benzene rings is 1. The number of nitrogens with zero attached hydrogens (tertiary/aromatic N) is 3. The van der Waals surface area contributed by atoms with Crippen molar-refractivity contribution >= 4 is 40.5 Å². The van der Waals surface area contributed by atoms with Crippen molar-refractivity contribution in [1.82, 2.24) is 19.8 Å². The Hall–Kier alpha value is -2.80. The third-order valence-electron chi connectivity index (χ3n) is 6.07. The zero-order valence-electron chi connectivity index (χ0n) is 18.1. The molecule has 5 nitrogen and oxygen atoms in total. The quantitative estimate of drug-likeness (QED) is 0.317. The number of furan rings is 1. The van der Waals surface area contributed by atoms with Crippen LogP contribution in [0.1, 0.15) is 40.5 Å². The molecule has 1 fully saturated rings. The number of aryl methyl sites for hydroxylation is 1. The summed E-state index contributed by atoms with van der Waals surface area (Å²) in [5, 5.41) is 5.21. The van der Waals surface area contributed by atoms with Crippen LogP contribution in [0.3, 0.4) is 0 Å². The van der Waals surface area contributed by atoms with Gasteiger partial charge in [-0.2, -0.15) is 0 Å². The van der Waals surface area contributed by atoms with Crippen LogP contribution in [0.4, 0.5) is 0 Å². The molecular formula is C25H22Cl2N4OS. The Morgan fingerprint density at radius 2 is 1.94 bits per heavy atom. The molecule has 4 heterocycles. The fourth-order valence-corrected chi connectivity index (χ4v) is 5.29. The number of rotatable bonds is 5. The molecule has 1 aromatic carbocycles. The van der Waals surface area contributed by atoms with E-state index in [9.17, 15) is 0 Å². The van der Waals surface area contributed by atoms with Gasteiger partial charge in [-0.05, 0) is 74.1 Å². The van der Waals surface area contributed by atoms with Crippen LogP contribution in [0, 0.1) is 13.8 Å². The molecule has 4 aromatic rings. The summed E-state index contributed by atoms with van der Waals surface area (Å²) >= 11 is 18.7. The third kappa shape index (κ3) is 3.92. The number of hydrogen-bond donors (Lipinski definition) is 1. The highest BCUT2D eigenvalue weighted by molar-refractivity contribution is 7.80. The second kappa shape index (κ2) is 8.86. The summed E-state index contributed by atoms with van der Waals surface area (Å²) in [7, 11) is 0. The molecule has 0 saturated carbocycles. The first-order valence-corrected chi connectivity index (χ1v) is 11.8. The monoisotopic (exact) mass is 496 g/mol. The second-order valence-electron chi connectivity index (χ2n) is 8.07. The molecule has 5 rings (SSSR count). The fourth-order valence-electron chi connectivity index (χ4n) is 4.61. The van der Waals surface area contributed by atoms with Crippen LogP contribution in [0.5, 0.6) is 0 Å². The standard InChI is InChI=1S/C25H22Cl2N4OS/c1-15-13-18(16(2)31(15)21-10-5-8-19(26)22(21)27)24-23(20-9-3-4-11-28-20)29-25(33)30(24)14-17-7-6-12-32-17/h3-13,23-24H,14H2,1-2H3,(H,29,33)/t23-,24-/m1/s1. The van der Waals surface area contributed by atoms with E-state index in [4.69, 9.17) is 39.8 Å². The van der Waals surface area contributed by atoms with Crippen LogP contribution in [-0.2, 0) is 6.54 Å². The highest BCUT2D eigenvalue weighted by atomic mass is 35.5. The van der Waals surface area contributed by atoms with Crippen molar-refractivity contribution < 1.29 is 4.42 Å². The minimum atomic E-state index is -0.113. The van der Waals surface area contributed by atoms with Crippen LogP contribution in [-0.4, -0.2) is 19.6 Å². The Balaban J connectivity index is 1.65. The highest BCUT2D eigenvalue weighted by Crippen LogP contribution is 2.43. The van der Waals surface area contributed by atoms with E-state index in [1.807, 2.05) is 42.5 Å². The third-order valence-corrected chi connectivity index (χ3v) is 7.23. The van der Waals surface area contributed by atoms with Crippen molar-refractivity contribution in [2.24, 2.45) is 0 Å². The first-order valence-electron chi connectivity index (χ1n) is 10.6. The zero-order valence-corrected chi connectivity index (χ0v) is 20.5. The number of nitrogens with one attached hydrogen (secondary N) is 1. The summed E-state index contributed by atoms with van der Waals surface area (Å²) in [5.41, 5.74) is 5.04. The lowest BCUT2D eigenvalue weighted by atomic mass is 9.96. The highest BCUT2D eigenvalue weighted by Gasteiger charge is 2.41. The molecule has 168 valence electrons. The Morgan fingerprint density at radius 1 is 1.09 bits per heavy atom. The fraction of sp³-hybridized carbons (Fsp3) is 0.200. The molecule has 1 N–H and O–H groups in total. The average Bonchev–Trinajstić information content (AvgIpc) is 3.51. The van der Waals surface area contributed by atoms with Gasteiger partial charge in [0.05, 0.1) is 46.3 Å². The maximum absolute atomic E-state index is 6.59. The van der Waals surface area contributed by atoms with Crippen LogP contribution >= 0.6 is 35.4 Å². The Kier molecular flexibility index (Phi) is 5.91. The predicted octanol–water partition coefficient (Wildman–Crippen LogP) is 6.56. The second-order valence-corrected chi connectivity index (χ2v) is 9.24. The molecule has 0 amide bonds. The summed E-state index contributed by atoms with van der Waals surface area (Å²) in [6, 6.07) is 17.5. The van der Waals surface area contributed by atoms with E-state index >= 15 is 0 Å². The molecule has 8 heteroatoms. The van der Waals surface area contributed by atoms with Crippen molar-refractivity contribution in [3.05, 3.63) is 106 Å². The van der Waals surface area contributed by atoms with Gasteiger partial charge in [0.25, 0.3) is 0 Å². The van der Waals surface area contributed by atoms with E-state index in [1.165, 1.54) is 0 Å². The van der Waals surface area contributed by atoms with Gasteiger partial charge in [0, 0.05) is 17.6 Å². The van der Waals surface area contributed by atoms with E-state index in [2.05, 4.69) is 39.7 Å². The van der Waals surface area contributed by atoms with Gasteiger partial charge in [-0.3, -0.25) is 4.98 Å². The van der Waals surface area contributed by atoms with Gasteiger partial charge in [-0.1, -0.05) is 35.3 Å². The summed E-state index contributed by atoms with van der Waals surface area (Å²) in [6.07, 6.45) is 3.49. The molecule has 2 atom stereocenters. The smallest absolute Gasteiger partial charge is 0.170 e.